The molecule has 0 aliphatic carbocycles. The normalized spacial score (nSPS) is 19.2. The minimum absolute atomic E-state index is 0.0218. The largest absolute Gasteiger partial charge is 0.455 e. The number of anilines is 1. The van der Waals surface area contributed by atoms with Gasteiger partial charge in [-0.05, 0) is 25.0 Å². The highest BCUT2D eigenvalue weighted by atomic mass is 32.2. The molecule has 0 atom stereocenters. The zero-order chi connectivity index (χ0) is 24.0. The minimum atomic E-state index is -3.01. The third-order valence-electron chi connectivity index (χ3n) is 5.98. The summed E-state index contributed by atoms with van der Waals surface area (Å²) in [6.45, 7) is 6.42. The summed E-state index contributed by atoms with van der Waals surface area (Å²) in [7, 11) is -3.01. The van der Waals surface area contributed by atoms with E-state index in [1.807, 2.05) is 36.9 Å². The van der Waals surface area contributed by atoms with Gasteiger partial charge in [-0.1, -0.05) is 18.2 Å². The standard InChI is InChI=1S/C22H32N4O6S/c1-17-4-3-5-18(2)22(17)23-19(27)14-24-6-8-26(9-7-24)20(28)16-32-21(29)15-25-10-12-33(30,31)13-11-25/h3-5H,6-16H2,1-2H3,(H,23,27). The number of ether oxygens (including phenoxy) is 1. The van der Waals surface area contributed by atoms with E-state index in [9.17, 15) is 22.8 Å². The van der Waals surface area contributed by atoms with Crippen LogP contribution in [0.4, 0.5) is 5.69 Å². The van der Waals surface area contributed by atoms with E-state index in [-0.39, 0.29) is 43.0 Å². The second kappa shape index (κ2) is 11.1. The highest BCUT2D eigenvalue weighted by molar-refractivity contribution is 7.91. The van der Waals surface area contributed by atoms with Crippen molar-refractivity contribution in [1.29, 1.82) is 0 Å². The number of para-hydroxylation sites is 1. The van der Waals surface area contributed by atoms with Crippen LogP contribution >= 0.6 is 0 Å². The number of hydrogen-bond donors (Lipinski definition) is 1. The number of benzene rings is 1. The number of sulfone groups is 1. The lowest BCUT2D eigenvalue weighted by Crippen LogP contribution is -2.51. The van der Waals surface area contributed by atoms with Gasteiger partial charge in [-0.3, -0.25) is 24.2 Å². The highest BCUT2D eigenvalue weighted by Crippen LogP contribution is 2.19. The molecule has 0 aromatic heterocycles. The molecule has 3 rings (SSSR count). The Morgan fingerprint density at radius 1 is 0.909 bits per heavy atom. The lowest BCUT2D eigenvalue weighted by Gasteiger charge is -2.34. The summed E-state index contributed by atoms with van der Waals surface area (Å²) in [5.74, 6) is -0.835. The number of rotatable bonds is 7. The van der Waals surface area contributed by atoms with Gasteiger partial charge < -0.3 is 15.0 Å². The van der Waals surface area contributed by atoms with Crippen LogP contribution in [0.1, 0.15) is 11.1 Å². The lowest BCUT2D eigenvalue weighted by atomic mass is 10.1. The van der Waals surface area contributed by atoms with E-state index in [1.165, 1.54) is 0 Å². The van der Waals surface area contributed by atoms with Crippen molar-refractivity contribution < 1.29 is 27.5 Å². The maximum absolute atomic E-state index is 12.4. The fourth-order valence-corrected chi connectivity index (χ4v) is 5.20. The topological polar surface area (TPSA) is 116 Å². The molecule has 2 fully saturated rings. The molecule has 2 heterocycles. The van der Waals surface area contributed by atoms with Crippen LogP contribution in [0.15, 0.2) is 18.2 Å². The van der Waals surface area contributed by atoms with Gasteiger partial charge in [0.05, 0.1) is 24.6 Å². The Morgan fingerprint density at radius 3 is 2.09 bits per heavy atom. The van der Waals surface area contributed by atoms with Crippen LogP contribution in [-0.2, 0) is 29.0 Å². The number of aryl methyl sites for hydroxylation is 2. The molecule has 2 aliphatic heterocycles. The fraction of sp³-hybridized carbons (Fsp3) is 0.591. The van der Waals surface area contributed by atoms with E-state index in [0.29, 0.717) is 39.3 Å². The summed E-state index contributed by atoms with van der Waals surface area (Å²) in [5.41, 5.74) is 2.86. The molecule has 1 aromatic carbocycles. The number of carbonyl (C=O) groups is 3. The molecule has 11 heteroatoms. The molecular weight excluding hydrogens is 448 g/mol. The lowest BCUT2D eigenvalue weighted by molar-refractivity contribution is -0.153. The molecule has 2 saturated heterocycles. The Hall–Kier alpha value is -2.50. The summed E-state index contributed by atoms with van der Waals surface area (Å²) in [6, 6.07) is 5.86. The van der Waals surface area contributed by atoms with Crippen LogP contribution < -0.4 is 5.32 Å². The van der Waals surface area contributed by atoms with E-state index in [2.05, 4.69) is 5.32 Å². The Kier molecular flexibility index (Phi) is 8.44. The first kappa shape index (κ1) is 25.1. The summed E-state index contributed by atoms with van der Waals surface area (Å²) in [4.78, 5) is 42.2. The number of hydrogen-bond acceptors (Lipinski definition) is 8. The van der Waals surface area contributed by atoms with E-state index in [0.717, 1.165) is 16.8 Å². The van der Waals surface area contributed by atoms with E-state index < -0.39 is 15.8 Å². The maximum Gasteiger partial charge on any atom is 0.320 e. The van der Waals surface area contributed by atoms with Crippen molar-refractivity contribution in [3.05, 3.63) is 29.3 Å². The maximum atomic E-state index is 12.4. The van der Waals surface area contributed by atoms with Gasteiger partial charge in [0.25, 0.3) is 5.91 Å². The molecule has 0 spiro atoms. The van der Waals surface area contributed by atoms with Gasteiger partial charge in [-0.15, -0.1) is 0 Å². The smallest absolute Gasteiger partial charge is 0.320 e. The van der Waals surface area contributed by atoms with Gasteiger partial charge in [-0.25, -0.2) is 8.42 Å². The number of nitrogens with one attached hydrogen (secondary N) is 1. The molecule has 2 aliphatic rings. The van der Waals surface area contributed by atoms with Crippen LogP contribution in [0.5, 0.6) is 0 Å². The number of esters is 1. The third kappa shape index (κ3) is 7.51. The zero-order valence-corrected chi connectivity index (χ0v) is 20.0. The first-order valence-electron chi connectivity index (χ1n) is 11.1. The summed E-state index contributed by atoms with van der Waals surface area (Å²) < 4.78 is 28.0. The van der Waals surface area contributed by atoms with E-state index in [4.69, 9.17) is 4.74 Å². The zero-order valence-electron chi connectivity index (χ0n) is 19.2. The third-order valence-corrected chi connectivity index (χ3v) is 7.59. The van der Waals surface area contributed by atoms with E-state index >= 15 is 0 Å². The Morgan fingerprint density at radius 2 is 1.48 bits per heavy atom. The summed E-state index contributed by atoms with van der Waals surface area (Å²) in [6.07, 6.45) is 0. The van der Waals surface area contributed by atoms with Crippen molar-refractivity contribution in [1.82, 2.24) is 14.7 Å². The molecule has 0 radical (unpaired) electrons. The molecule has 0 bridgehead atoms. The molecule has 33 heavy (non-hydrogen) atoms. The van der Waals surface area contributed by atoms with Gasteiger partial charge in [0.1, 0.15) is 0 Å². The van der Waals surface area contributed by atoms with Crippen LogP contribution in [0.3, 0.4) is 0 Å². The Balaban J connectivity index is 1.35. The SMILES string of the molecule is Cc1cccc(C)c1NC(=O)CN1CCN(C(=O)COC(=O)CN2CCS(=O)(=O)CC2)CC1. The summed E-state index contributed by atoms with van der Waals surface area (Å²) in [5, 5.41) is 2.97. The molecule has 10 nitrogen and oxygen atoms in total. The predicted molar refractivity (Wildman–Crippen MR) is 124 cm³/mol. The van der Waals surface area contributed by atoms with Gasteiger partial charge >= 0.3 is 5.97 Å². The first-order chi connectivity index (χ1) is 15.6. The fourth-order valence-electron chi connectivity index (χ4n) is 3.92. The molecule has 0 saturated carbocycles. The summed E-state index contributed by atoms with van der Waals surface area (Å²) >= 11 is 0. The monoisotopic (exact) mass is 480 g/mol. The van der Waals surface area contributed by atoms with Crippen LogP contribution in [-0.4, -0.2) is 111 Å². The molecule has 1 N–H and O–H groups in total. The molecular formula is C22H32N4O6S. The van der Waals surface area contributed by atoms with E-state index in [1.54, 1.807) is 9.80 Å². The number of carbonyl (C=O) groups excluding carboxylic acids is 3. The highest BCUT2D eigenvalue weighted by Gasteiger charge is 2.26. The van der Waals surface area contributed by atoms with Gasteiger partial charge in [0.2, 0.25) is 5.91 Å². The second-order valence-electron chi connectivity index (χ2n) is 8.56. The predicted octanol–water partition coefficient (Wildman–Crippen LogP) is -0.340. The molecule has 0 unspecified atom stereocenters. The quantitative estimate of drug-likeness (QED) is 0.527. The van der Waals surface area contributed by atoms with Crippen LogP contribution in [0, 0.1) is 13.8 Å². The molecule has 2 amide bonds. The van der Waals surface area contributed by atoms with Crippen molar-refractivity contribution in [3.8, 4) is 0 Å². The Bertz CT molecular complexity index is 954. The van der Waals surface area contributed by atoms with Gasteiger partial charge in [0.15, 0.2) is 16.4 Å². The number of amides is 2. The van der Waals surface area contributed by atoms with Crippen LogP contribution in [0.2, 0.25) is 0 Å². The van der Waals surface area contributed by atoms with Crippen molar-refractivity contribution in [2.75, 3.05) is 75.8 Å². The number of nitrogens with zero attached hydrogens (tertiary/aromatic N) is 3. The average molecular weight is 481 g/mol. The molecule has 1 aromatic rings. The van der Waals surface area contributed by atoms with Crippen molar-refractivity contribution in [3.63, 3.8) is 0 Å². The van der Waals surface area contributed by atoms with Crippen molar-refractivity contribution in [2.24, 2.45) is 0 Å². The Labute approximate surface area is 194 Å². The van der Waals surface area contributed by atoms with Gasteiger partial charge in [0, 0.05) is 45.0 Å². The second-order valence-corrected chi connectivity index (χ2v) is 10.9. The average Bonchev–Trinajstić information content (AvgIpc) is 2.77. The van der Waals surface area contributed by atoms with Crippen LogP contribution in [0.25, 0.3) is 0 Å². The number of piperazine rings is 1. The minimum Gasteiger partial charge on any atom is -0.455 e. The van der Waals surface area contributed by atoms with Gasteiger partial charge in [-0.2, -0.15) is 0 Å². The first-order valence-corrected chi connectivity index (χ1v) is 12.9. The molecule has 182 valence electrons. The van der Waals surface area contributed by atoms with Crippen molar-refractivity contribution in [2.45, 2.75) is 13.8 Å². The van der Waals surface area contributed by atoms with Crippen molar-refractivity contribution >= 4 is 33.3 Å².